The van der Waals surface area contributed by atoms with Gasteiger partial charge in [-0.3, -0.25) is 10.1 Å². The van der Waals surface area contributed by atoms with Crippen molar-refractivity contribution in [2.24, 2.45) is 0 Å². The van der Waals surface area contributed by atoms with E-state index in [0.717, 1.165) is 22.1 Å². The number of nitrogens with zero attached hydrogens (tertiary/aromatic N) is 2. The van der Waals surface area contributed by atoms with Gasteiger partial charge in [-0.1, -0.05) is 41.0 Å². The Hall–Kier alpha value is -3.41. The number of para-hydroxylation sites is 1. The summed E-state index contributed by atoms with van der Waals surface area (Å²) in [5.74, 6) is 0.112. The number of hydrogen-bond donors (Lipinski definition) is 1. The number of aromatic nitrogens is 2. The first-order chi connectivity index (χ1) is 12.1. The Bertz CT molecular complexity index is 1050. The van der Waals surface area contributed by atoms with Gasteiger partial charge in [0.25, 0.3) is 5.91 Å². The highest BCUT2D eigenvalue weighted by atomic mass is 16.4. The number of anilines is 1. The molecule has 2 heterocycles. The van der Waals surface area contributed by atoms with Crippen LogP contribution in [0.15, 0.2) is 57.4 Å². The van der Waals surface area contributed by atoms with Crippen molar-refractivity contribution < 1.29 is 13.6 Å². The van der Waals surface area contributed by atoms with E-state index >= 15 is 0 Å². The van der Waals surface area contributed by atoms with Crippen molar-refractivity contribution >= 4 is 22.9 Å². The van der Waals surface area contributed by atoms with Crippen LogP contribution in [-0.2, 0) is 0 Å². The first-order valence-corrected chi connectivity index (χ1v) is 7.81. The lowest BCUT2D eigenvalue weighted by atomic mass is 10.1. The van der Waals surface area contributed by atoms with E-state index in [4.69, 9.17) is 8.83 Å². The number of fused-ring (bicyclic) bond motifs is 1. The quantitative estimate of drug-likeness (QED) is 0.603. The molecule has 25 heavy (non-hydrogen) atoms. The van der Waals surface area contributed by atoms with Gasteiger partial charge in [0.2, 0.25) is 5.89 Å². The van der Waals surface area contributed by atoms with Gasteiger partial charge in [0.05, 0.1) is 0 Å². The number of amides is 1. The topological polar surface area (TPSA) is 81.2 Å². The fourth-order valence-electron chi connectivity index (χ4n) is 2.60. The second-order valence-corrected chi connectivity index (χ2v) is 5.83. The Morgan fingerprint density at radius 1 is 1.00 bits per heavy atom. The highest BCUT2D eigenvalue weighted by molar-refractivity contribution is 6.03. The van der Waals surface area contributed by atoms with E-state index in [1.54, 1.807) is 12.1 Å². The molecule has 0 aliphatic heterocycles. The van der Waals surface area contributed by atoms with Crippen LogP contribution >= 0.6 is 0 Å². The summed E-state index contributed by atoms with van der Waals surface area (Å²) in [4.78, 5) is 12.3. The molecule has 124 valence electrons. The van der Waals surface area contributed by atoms with Crippen LogP contribution in [0.25, 0.3) is 22.4 Å². The number of hydrogen-bond acceptors (Lipinski definition) is 5. The Morgan fingerprint density at radius 2 is 1.84 bits per heavy atom. The van der Waals surface area contributed by atoms with Gasteiger partial charge >= 0.3 is 6.01 Å². The van der Waals surface area contributed by atoms with Crippen molar-refractivity contribution in [1.29, 1.82) is 0 Å². The van der Waals surface area contributed by atoms with Gasteiger partial charge in [-0.25, -0.2) is 0 Å². The number of benzene rings is 2. The SMILES string of the molecule is Cc1ccc(C)c(-c2nnc(NC(=O)c3cc4ccccc4o3)o2)c1. The van der Waals surface area contributed by atoms with Crippen molar-refractivity contribution in [2.75, 3.05) is 5.32 Å². The van der Waals surface area contributed by atoms with Crippen molar-refractivity contribution in [3.05, 3.63) is 65.4 Å². The minimum absolute atomic E-state index is 0.0290. The monoisotopic (exact) mass is 333 g/mol. The molecule has 0 atom stereocenters. The summed E-state index contributed by atoms with van der Waals surface area (Å²) >= 11 is 0. The van der Waals surface area contributed by atoms with E-state index in [9.17, 15) is 4.79 Å². The number of carbonyl (C=O) groups excluding carboxylic acids is 1. The van der Waals surface area contributed by atoms with Crippen LogP contribution in [-0.4, -0.2) is 16.1 Å². The molecule has 0 saturated heterocycles. The lowest BCUT2D eigenvalue weighted by Crippen LogP contribution is -2.10. The first kappa shape index (κ1) is 15.1. The van der Waals surface area contributed by atoms with Crippen LogP contribution in [0, 0.1) is 13.8 Å². The summed E-state index contributed by atoms with van der Waals surface area (Å²) in [7, 11) is 0. The van der Waals surface area contributed by atoms with Crippen LogP contribution < -0.4 is 5.32 Å². The van der Waals surface area contributed by atoms with Gasteiger partial charge in [0.15, 0.2) is 5.76 Å². The molecule has 0 saturated carbocycles. The number of aryl methyl sites for hydroxylation is 2. The summed E-state index contributed by atoms with van der Waals surface area (Å²) in [6, 6.07) is 15.1. The molecule has 2 aromatic heterocycles. The van der Waals surface area contributed by atoms with Gasteiger partial charge in [-0.15, -0.1) is 5.10 Å². The lowest BCUT2D eigenvalue weighted by Gasteiger charge is -2.01. The average molecular weight is 333 g/mol. The Morgan fingerprint density at radius 3 is 2.68 bits per heavy atom. The zero-order valence-electron chi connectivity index (χ0n) is 13.7. The average Bonchev–Trinajstić information content (AvgIpc) is 3.23. The predicted molar refractivity (Wildman–Crippen MR) is 93.4 cm³/mol. The minimum atomic E-state index is -0.438. The second kappa shape index (κ2) is 5.90. The summed E-state index contributed by atoms with van der Waals surface area (Å²) in [5, 5.41) is 11.3. The van der Waals surface area contributed by atoms with Gasteiger partial charge < -0.3 is 8.83 Å². The van der Waals surface area contributed by atoms with Gasteiger partial charge in [0, 0.05) is 10.9 Å². The Labute approximate surface area is 143 Å². The van der Waals surface area contributed by atoms with Crippen LogP contribution in [0.3, 0.4) is 0 Å². The van der Waals surface area contributed by atoms with Crippen molar-refractivity contribution in [3.63, 3.8) is 0 Å². The molecule has 2 aromatic carbocycles. The highest BCUT2D eigenvalue weighted by Crippen LogP contribution is 2.25. The smallest absolute Gasteiger partial charge is 0.322 e. The van der Waals surface area contributed by atoms with E-state index in [2.05, 4.69) is 15.5 Å². The van der Waals surface area contributed by atoms with Crippen molar-refractivity contribution in [1.82, 2.24) is 10.2 Å². The molecule has 0 radical (unpaired) electrons. The van der Waals surface area contributed by atoms with Gasteiger partial charge in [-0.2, -0.15) is 0 Å². The predicted octanol–water partition coefficient (Wildman–Crippen LogP) is 4.35. The molecule has 0 aliphatic carbocycles. The summed E-state index contributed by atoms with van der Waals surface area (Å²) in [6.45, 7) is 3.95. The van der Waals surface area contributed by atoms with Crippen LogP contribution in [0.4, 0.5) is 6.01 Å². The fourth-order valence-corrected chi connectivity index (χ4v) is 2.60. The molecule has 0 aliphatic rings. The van der Waals surface area contributed by atoms with E-state index in [-0.39, 0.29) is 11.8 Å². The Kier molecular flexibility index (Phi) is 3.57. The molecule has 6 heteroatoms. The molecule has 0 fully saturated rings. The molecule has 6 nitrogen and oxygen atoms in total. The lowest BCUT2D eigenvalue weighted by molar-refractivity contribution is 0.0996. The van der Waals surface area contributed by atoms with E-state index in [1.807, 2.05) is 50.2 Å². The molecule has 0 bridgehead atoms. The van der Waals surface area contributed by atoms with Crippen molar-refractivity contribution in [2.45, 2.75) is 13.8 Å². The minimum Gasteiger partial charge on any atom is -0.451 e. The summed E-state index contributed by atoms with van der Waals surface area (Å²) in [6.07, 6.45) is 0. The maximum atomic E-state index is 12.3. The zero-order chi connectivity index (χ0) is 17.4. The largest absolute Gasteiger partial charge is 0.451 e. The molecule has 4 aromatic rings. The second-order valence-electron chi connectivity index (χ2n) is 5.83. The van der Waals surface area contributed by atoms with E-state index < -0.39 is 5.91 Å². The standard InChI is InChI=1S/C19H15N3O3/c1-11-7-8-12(2)14(9-11)18-21-22-19(25-18)20-17(23)16-10-13-5-3-4-6-15(13)24-16/h3-10H,1-2H3,(H,20,22,23). The molecule has 1 amide bonds. The number of rotatable bonds is 3. The molecule has 4 rings (SSSR count). The van der Waals surface area contributed by atoms with E-state index in [0.29, 0.717) is 11.5 Å². The highest BCUT2D eigenvalue weighted by Gasteiger charge is 2.17. The number of furan rings is 1. The maximum absolute atomic E-state index is 12.3. The maximum Gasteiger partial charge on any atom is 0.322 e. The molecule has 0 spiro atoms. The first-order valence-electron chi connectivity index (χ1n) is 7.81. The third-order valence-corrected chi connectivity index (χ3v) is 3.92. The fraction of sp³-hybridized carbons (Fsp3) is 0.105. The third kappa shape index (κ3) is 2.89. The Balaban J connectivity index is 1.58. The molecular weight excluding hydrogens is 318 g/mol. The molecule has 1 N–H and O–H groups in total. The molecule has 0 unspecified atom stereocenters. The van der Waals surface area contributed by atoms with E-state index in [1.165, 1.54) is 0 Å². The van der Waals surface area contributed by atoms with Gasteiger partial charge in [-0.05, 0) is 37.6 Å². The summed E-state index contributed by atoms with van der Waals surface area (Å²) < 4.78 is 11.1. The molecular formula is C19H15N3O3. The van der Waals surface area contributed by atoms with Gasteiger partial charge in [0.1, 0.15) is 5.58 Å². The van der Waals surface area contributed by atoms with Crippen LogP contribution in [0.1, 0.15) is 21.7 Å². The number of carbonyl (C=O) groups is 1. The van der Waals surface area contributed by atoms with Crippen LogP contribution in [0.2, 0.25) is 0 Å². The van der Waals surface area contributed by atoms with Crippen molar-refractivity contribution in [3.8, 4) is 11.5 Å². The summed E-state index contributed by atoms with van der Waals surface area (Å²) in [5.41, 5.74) is 3.60. The van der Waals surface area contributed by atoms with Crippen LogP contribution in [0.5, 0.6) is 0 Å². The normalized spacial score (nSPS) is 11.0. The number of nitrogens with one attached hydrogen (secondary N) is 1. The third-order valence-electron chi connectivity index (χ3n) is 3.92. The zero-order valence-corrected chi connectivity index (χ0v) is 13.7.